The maximum Gasteiger partial charge on any atom is 0.319 e. The lowest BCUT2D eigenvalue weighted by Crippen LogP contribution is -2.50. The monoisotopic (exact) mass is 441 g/mol. The molecule has 1 heterocycles. The first-order valence-electron chi connectivity index (χ1n) is 11.0. The SMILES string of the molecule is Cc1ccc(F)c(N2CCCC(NC(=O)NCc3ccc(NC(=O)NC(C)C)cc3)C2)c1. The lowest BCUT2D eigenvalue weighted by molar-refractivity contribution is 0.234. The van der Waals surface area contributed by atoms with Gasteiger partial charge in [0.25, 0.3) is 0 Å². The molecule has 0 aliphatic carbocycles. The van der Waals surface area contributed by atoms with Crippen molar-refractivity contribution in [1.82, 2.24) is 16.0 Å². The maximum absolute atomic E-state index is 14.2. The lowest BCUT2D eigenvalue weighted by atomic mass is 10.0. The van der Waals surface area contributed by atoms with Crippen molar-refractivity contribution in [3.63, 3.8) is 0 Å². The van der Waals surface area contributed by atoms with Crippen LogP contribution in [0.1, 0.15) is 37.8 Å². The maximum atomic E-state index is 14.2. The summed E-state index contributed by atoms with van der Waals surface area (Å²) in [7, 11) is 0. The van der Waals surface area contributed by atoms with E-state index in [4.69, 9.17) is 0 Å². The molecule has 0 radical (unpaired) electrons. The molecule has 1 aliphatic rings. The molecule has 1 fully saturated rings. The quantitative estimate of drug-likeness (QED) is 0.544. The zero-order valence-electron chi connectivity index (χ0n) is 18.9. The van der Waals surface area contributed by atoms with Gasteiger partial charge in [0.1, 0.15) is 5.82 Å². The van der Waals surface area contributed by atoms with Crippen LogP contribution in [0.3, 0.4) is 0 Å². The van der Waals surface area contributed by atoms with Gasteiger partial charge < -0.3 is 26.2 Å². The van der Waals surface area contributed by atoms with Crippen molar-refractivity contribution in [2.45, 2.75) is 52.2 Å². The van der Waals surface area contributed by atoms with Gasteiger partial charge in [-0.2, -0.15) is 0 Å². The second-order valence-electron chi connectivity index (χ2n) is 8.52. The largest absolute Gasteiger partial charge is 0.367 e. The summed E-state index contributed by atoms with van der Waals surface area (Å²) in [5.74, 6) is -0.236. The van der Waals surface area contributed by atoms with E-state index < -0.39 is 0 Å². The molecule has 1 aliphatic heterocycles. The number of hydrogen-bond donors (Lipinski definition) is 4. The van der Waals surface area contributed by atoms with Gasteiger partial charge in [0, 0.05) is 37.4 Å². The molecule has 1 unspecified atom stereocenters. The van der Waals surface area contributed by atoms with Crippen LogP contribution in [0.5, 0.6) is 0 Å². The molecule has 172 valence electrons. The van der Waals surface area contributed by atoms with Crippen LogP contribution in [-0.4, -0.2) is 37.2 Å². The molecule has 0 spiro atoms. The number of nitrogens with zero attached hydrogens (tertiary/aromatic N) is 1. The topological polar surface area (TPSA) is 85.5 Å². The fourth-order valence-electron chi connectivity index (χ4n) is 3.73. The molecule has 3 rings (SSSR count). The van der Waals surface area contributed by atoms with Crippen LogP contribution in [0.25, 0.3) is 0 Å². The molecule has 4 N–H and O–H groups in total. The Bertz CT molecular complexity index is 932. The van der Waals surface area contributed by atoms with Crippen LogP contribution < -0.4 is 26.2 Å². The van der Waals surface area contributed by atoms with Gasteiger partial charge in [0.2, 0.25) is 0 Å². The average Bonchev–Trinajstić information content (AvgIpc) is 2.74. The van der Waals surface area contributed by atoms with E-state index in [9.17, 15) is 14.0 Å². The van der Waals surface area contributed by atoms with E-state index in [1.54, 1.807) is 18.2 Å². The van der Waals surface area contributed by atoms with Gasteiger partial charge in [-0.15, -0.1) is 0 Å². The number of benzene rings is 2. The van der Waals surface area contributed by atoms with Crippen LogP contribution in [-0.2, 0) is 6.54 Å². The number of carbonyl (C=O) groups excluding carboxylic acids is 2. The fourth-order valence-corrected chi connectivity index (χ4v) is 3.73. The van der Waals surface area contributed by atoms with Crippen LogP contribution >= 0.6 is 0 Å². The van der Waals surface area contributed by atoms with E-state index in [1.807, 2.05) is 43.9 Å². The summed E-state index contributed by atoms with van der Waals surface area (Å²) >= 11 is 0. The Morgan fingerprint density at radius 1 is 1.12 bits per heavy atom. The molecule has 0 saturated carbocycles. The highest BCUT2D eigenvalue weighted by molar-refractivity contribution is 5.89. The van der Waals surface area contributed by atoms with E-state index in [1.165, 1.54) is 6.07 Å². The Morgan fingerprint density at radius 2 is 1.88 bits per heavy atom. The highest BCUT2D eigenvalue weighted by Crippen LogP contribution is 2.24. The van der Waals surface area contributed by atoms with Crippen LogP contribution in [0.2, 0.25) is 0 Å². The lowest BCUT2D eigenvalue weighted by Gasteiger charge is -2.35. The Balaban J connectivity index is 1.46. The summed E-state index contributed by atoms with van der Waals surface area (Å²) in [6.07, 6.45) is 1.74. The van der Waals surface area contributed by atoms with Gasteiger partial charge in [-0.1, -0.05) is 18.2 Å². The zero-order chi connectivity index (χ0) is 23.1. The van der Waals surface area contributed by atoms with Crippen molar-refractivity contribution >= 4 is 23.4 Å². The summed E-state index contributed by atoms with van der Waals surface area (Å²) in [4.78, 5) is 26.1. The van der Waals surface area contributed by atoms with Crippen molar-refractivity contribution < 1.29 is 14.0 Å². The van der Waals surface area contributed by atoms with E-state index in [0.29, 0.717) is 24.5 Å². The van der Waals surface area contributed by atoms with Gasteiger partial charge in [-0.3, -0.25) is 0 Å². The molecule has 0 bridgehead atoms. The van der Waals surface area contributed by atoms with Gasteiger partial charge in [0.15, 0.2) is 0 Å². The minimum atomic E-state index is -0.252. The number of anilines is 2. The molecule has 1 saturated heterocycles. The summed E-state index contributed by atoms with van der Waals surface area (Å²) in [6.45, 7) is 7.45. The van der Waals surface area contributed by atoms with E-state index in [2.05, 4.69) is 21.3 Å². The minimum Gasteiger partial charge on any atom is -0.367 e. The molecular weight excluding hydrogens is 409 g/mol. The Morgan fingerprint density at radius 3 is 2.59 bits per heavy atom. The molecule has 0 aromatic heterocycles. The standard InChI is InChI=1S/C24H32FN5O2/c1-16(2)27-24(32)28-19-9-7-18(8-10-19)14-26-23(31)29-20-5-4-12-30(15-20)22-13-17(3)6-11-21(22)25/h6-11,13,16,20H,4-5,12,14-15H2,1-3H3,(H2,26,29,31)(H2,27,28,32). The van der Waals surface area contributed by atoms with E-state index in [0.717, 1.165) is 30.5 Å². The third-order valence-electron chi connectivity index (χ3n) is 5.28. The van der Waals surface area contributed by atoms with Crippen molar-refractivity contribution in [2.24, 2.45) is 0 Å². The smallest absolute Gasteiger partial charge is 0.319 e. The molecule has 1 atom stereocenters. The second-order valence-corrected chi connectivity index (χ2v) is 8.52. The third-order valence-corrected chi connectivity index (χ3v) is 5.28. The molecule has 4 amide bonds. The van der Waals surface area contributed by atoms with E-state index in [-0.39, 0.29) is 30.0 Å². The average molecular weight is 442 g/mol. The number of piperidine rings is 1. The van der Waals surface area contributed by atoms with E-state index >= 15 is 0 Å². The first kappa shape index (κ1) is 23.4. The number of urea groups is 2. The molecule has 8 heteroatoms. The van der Waals surface area contributed by atoms with Gasteiger partial charge in [-0.25, -0.2) is 14.0 Å². The Hall–Kier alpha value is -3.29. The van der Waals surface area contributed by atoms with Gasteiger partial charge >= 0.3 is 12.1 Å². The van der Waals surface area contributed by atoms with Gasteiger partial charge in [-0.05, 0) is 69.0 Å². The van der Waals surface area contributed by atoms with Crippen molar-refractivity contribution in [1.29, 1.82) is 0 Å². The molecule has 2 aromatic carbocycles. The molecule has 7 nitrogen and oxygen atoms in total. The zero-order valence-corrected chi connectivity index (χ0v) is 18.9. The van der Waals surface area contributed by atoms with Crippen LogP contribution in [0.4, 0.5) is 25.4 Å². The van der Waals surface area contributed by atoms with Crippen molar-refractivity contribution in [3.8, 4) is 0 Å². The number of rotatable bonds is 6. The molecule has 2 aromatic rings. The molecule has 32 heavy (non-hydrogen) atoms. The van der Waals surface area contributed by atoms with Gasteiger partial charge in [0.05, 0.1) is 5.69 Å². The summed E-state index contributed by atoms with van der Waals surface area (Å²) < 4.78 is 14.2. The predicted octanol–water partition coefficient (Wildman–Crippen LogP) is 4.13. The molecular formula is C24H32FN5O2. The number of carbonyl (C=O) groups is 2. The minimum absolute atomic E-state index is 0.0466. The van der Waals surface area contributed by atoms with Crippen molar-refractivity contribution in [2.75, 3.05) is 23.3 Å². The number of hydrogen-bond acceptors (Lipinski definition) is 3. The van der Waals surface area contributed by atoms with Crippen LogP contribution in [0, 0.1) is 12.7 Å². The Labute approximate surface area is 188 Å². The number of halogens is 1. The first-order chi connectivity index (χ1) is 15.3. The normalized spacial score (nSPS) is 15.9. The Kier molecular flexibility index (Phi) is 7.92. The predicted molar refractivity (Wildman–Crippen MR) is 125 cm³/mol. The third kappa shape index (κ3) is 6.87. The van der Waals surface area contributed by atoms with Crippen LogP contribution in [0.15, 0.2) is 42.5 Å². The summed E-state index contributed by atoms with van der Waals surface area (Å²) in [5.41, 5.74) is 3.20. The summed E-state index contributed by atoms with van der Waals surface area (Å²) in [6, 6.07) is 11.9. The highest BCUT2D eigenvalue weighted by atomic mass is 19.1. The summed E-state index contributed by atoms with van der Waals surface area (Å²) in [5, 5.41) is 11.4. The fraction of sp³-hybridized carbons (Fsp3) is 0.417. The van der Waals surface area contributed by atoms with Crippen molar-refractivity contribution in [3.05, 3.63) is 59.4 Å². The number of nitrogens with one attached hydrogen (secondary N) is 4. The highest BCUT2D eigenvalue weighted by Gasteiger charge is 2.23. The number of amides is 4. The first-order valence-corrected chi connectivity index (χ1v) is 11.0. The second kappa shape index (κ2) is 10.8. The number of aryl methyl sites for hydroxylation is 1.